The Morgan fingerprint density at radius 3 is 2.54 bits per heavy atom. The molecule has 0 aromatic heterocycles. The van der Waals surface area contributed by atoms with Crippen LogP contribution in [0.4, 0.5) is 14.9 Å². The van der Waals surface area contributed by atoms with E-state index < -0.39 is 17.8 Å². The lowest BCUT2D eigenvalue weighted by atomic mass is 10.2. The maximum absolute atomic E-state index is 12.7. The molecule has 2 aromatic carbocycles. The summed E-state index contributed by atoms with van der Waals surface area (Å²) >= 11 is 0. The fourth-order valence-corrected chi connectivity index (χ4v) is 1.68. The van der Waals surface area contributed by atoms with Crippen LogP contribution in [0, 0.1) is 5.82 Å². The van der Waals surface area contributed by atoms with Gasteiger partial charge in [-0.2, -0.15) is 5.10 Å². The number of hydrazone groups is 1. The van der Waals surface area contributed by atoms with Gasteiger partial charge >= 0.3 is 6.03 Å². The molecule has 3 amide bonds. The average molecular weight is 330 g/mol. The number of carbonyl (C=O) groups excluding carboxylic acids is 2. The smallest absolute Gasteiger partial charge is 0.319 e. The van der Waals surface area contributed by atoms with Crippen molar-refractivity contribution >= 4 is 23.8 Å². The molecule has 8 heteroatoms. The highest BCUT2D eigenvalue weighted by molar-refractivity contribution is 5.92. The molecule has 7 nitrogen and oxygen atoms in total. The third kappa shape index (κ3) is 5.41. The lowest BCUT2D eigenvalue weighted by molar-refractivity contribution is -0.120. The molecule has 0 radical (unpaired) electrons. The summed E-state index contributed by atoms with van der Waals surface area (Å²) in [5.41, 5.74) is 3.05. The molecular weight excluding hydrogens is 315 g/mol. The van der Waals surface area contributed by atoms with E-state index in [-0.39, 0.29) is 12.3 Å². The molecule has 0 fully saturated rings. The largest absolute Gasteiger partial charge is 0.507 e. The average Bonchev–Trinajstić information content (AvgIpc) is 2.57. The number of rotatable bonds is 5. The number of nitrogens with zero attached hydrogens (tertiary/aromatic N) is 1. The number of phenolic OH excluding ortho intramolecular Hbond substituents is 1. The van der Waals surface area contributed by atoms with Gasteiger partial charge in [0.05, 0.1) is 6.21 Å². The van der Waals surface area contributed by atoms with Crippen LogP contribution in [-0.4, -0.2) is 29.8 Å². The molecule has 0 saturated carbocycles. The molecule has 0 bridgehead atoms. The van der Waals surface area contributed by atoms with Crippen molar-refractivity contribution in [3.05, 3.63) is 59.9 Å². The van der Waals surface area contributed by atoms with E-state index in [4.69, 9.17) is 0 Å². The van der Waals surface area contributed by atoms with Gasteiger partial charge in [-0.3, -0.25) is 4.79 Å². The van der Waals surface area contributed by atoms with Crippen LogP contribution in [0.3, 0.4) is 0 Å². The van der Waals surface area contributed by atoms with Gasteiger partial charge in [-0.15, -0.1) is 0 Å². The predicted octanol–water partition coefficient (Wildman–Crippen LogP) is 1.80. The molecule has 0 atom stereocenters. The zero-order chi connectivity index (χ0) is 17.4. The minimum atomic E-state index is -0.610. The molecule has 0 saturated heterocycles. The number of amides is 3. The van der Waals surface area contributed by atoms with Gasteiger partial charge in [0.1, 0.15) is 18.1 Å². The fourth-order valence-electron chi connectivity index (χ4n) is 1.68. The van der Waals surface area contributed by atoms with Gasteiger partial charge in [0, 0.05) is 11.3 Å². The lowest BCUT2D eigenvalue weighted by Crippen LogP contribution is -2.37. The number of aromatic hydroxyl groups is 1. The molecule has 2 aromatic rings. The standard InChI is InChI=1S/C16H15FN4O3/c17-12-5-7-13(8-6-12)20-16(24)18-10-15(23)21-19-9-11-3-1-2-4-14(11)22/h1-9,22H,10H2,(H,21,23)(H2,18,20,24)/b19-9-. The lowest BCUT2D eigenvalue weighted by Gasteiger charge is -2.06. The maximum atomic E-state index is 12.7. The zero-order valence-corrected chi connectivity index (χ0v) is 12.5. The first-order valence-electron chi connectivity index (χ1n) is 6.95. The third-order valence-corrected chi connectivity index (χ3v) is 2.84. The highest BCUT2D eigenvalue weighted by Crippen LogP contribution is 2.12. The first-order chi connectivity index (χ1) is 11.5. The van der Waals surface area contributed by atoms with Gasteiger partial charge in [-0.05, 0) is 36.4 Å². The van der Waals surface area contributed by atoms with E-state index >= 15 is 0 Å². The molecule has 4 N–H and O–H groups in total. The third-order valence-electron chi connectivity index (χ3n) is 2.84. The van der Waals surface area contributed by atoms with Gasteiger partial charge in [-0.25, -0.2) is 14.6 Å². The van der Waals surface area contributed by atoms with Crippen molar-refractivity contribution in [1.29, 1.82) is 0 Å². The number of phenols is 1. The summed E-state index contributed by atoms with van der Waals surface area (Å²) in [7, 11) is 0. The number of carbonyl (C=O) groups is 2. The van der Waals surface area contributed by atoms with E-state index in [1.807, 2.05) is 0 Å². The number of halogens is 1. The molecule has 0 heterocycles. The van der Waals surface area contributed by atoms with E-state index in [0.29, 0.717) is 11.3 Å². The molecule has 0 aliphatic carbocycles. The van der Waals surface area contributed by atoms with Crippen LogP contribution in [-0.2, 0) is 4.79 Å². The van der Waals surface area contributed by atoms with E-state index in [1.165, 1.54) is 36.5 Å². The quantitative estimate of drug-likeness (QED) is 0.496. The second kappa shape index (κ2) is 8.28. The van der Waals surface area contributed by atoms with Crippen LogP contribution in [0.2, 0.25) is 0 Å². The van der Waals surface area contributed by atoms with Crippen molar-refractivity contribution < 1.29 is 19.1 Å². The second-order valence-electron chi connectivity index (χ2n) is 4.67. The van der Waals surface area contributed by atoms with Crippen molar-refractivity contribution in [2.75, 3.05) is 11.9 Å². The number of hydrogen-bond donors (Lipinski definition) is 4. The topological polar surface area (TPSA) is 103 Å². The molecule has 0 spiro atoms. The molecule has 0 unspecified atom stereocenters. The van der Waals surface area contributed by atoms with Crippen molar-refractivity contribution in [2.45, 2.75) is 0 Å². The van der Waals surface area contributed by atoms with Gasteiger partial charge in [0.15, 0.2) is 0 Å². The van der Waals surface area contributed by atoms with Gasteiger partial charge < -0.3 is 15.7 Å². The van der Waals surface area contributed by atoms with Crippen LogP contribution in [0.5, 0.6) is 5.75 Å². The van der Waals surface area contributed by atoms with E-state index in [2.05, 4.69) is 21.2 Å². The number of benzene rings is 2. The minimum absolute atomic E-state index is 0.0345. The van der Waals surface area contributed by atoms with Crippen molar-refractivity contribution in [3.63, 3.8) is 0 Å². The molecule has 0 aliphatic heterocycles. The summed E-state index contributed by atoms with van der Waals surface area (Å²) in [6.07, 6.45) is 1.28. The van der Waals surface area contributed by atoms with Crippen LogP contribution in [0.25, 0.3) is 0 Å². The van der Waals surface area contributed by atoms with Gasteiger partial charge in [0.2, 0.25) is 0 Å². The van der Waals surface area contributed by atoms with Gasteiger partial charge in [0.25, 0.3) is 5.91 Å². The SMILES string of the molecule is O=C(CNC(=O)Nc1ccc(F)cc1)N/N=C\c1ccccc1O. The van der Waals surface area contributed by atoms with Crippen LogP contribution >= 0.6 is 0 Å². The monoisotopic (exact) mass is 330 g/mol. The first kappa shape index (κ1) is 16.9. The van der Waals surface area contributed by atoms with E-state index in [1.54, 1.807) is 18.2 Å². The number of hydrogen-bond acceptors (Lipinski definition) is 4. The summed E-state index contributed by atoms with van der Waals surface area (Å²) in [4.78, 5) is 23.1. The Morgan fingerprint density at radius 2 is 1.83 bits per heavy atom. The van der Waals surface area contributed by atoms with Crippen molar-refractivity contribution in [2.24, 2.45) is 5.10 Å². The highest BCUT2D eigenvalue weighted by atomic mass is 19.1. The summed E-state index contributed by atoms with van der Waals surface area (Å²) in [6, 6.07) is 11.1. The summed E-state index contributed by atoms with van der Waals surface area (Å²) < 4.78 is 12.7. The number of nitrogens with one attached hydrogen (secondary N) is 3. The van der Waals surface area contributed by atoms with E-state index in [9.17, 15) is 19.1 Å². The number of anilines is 1. The zero-order valence-electron chi connectivity index (χ0n) is 12.5. The number of urea groups is 1. The molecular formula is C16H15FN4O3. The first-order valence-corrected chi connectivity index (χ1v) is 6.95. The summed E-state index contributed by atoms with van der Waals surface area (Å²) in [5, 5.41) is 18.0. The normalized spacial score (nSPS) is 10.4. The van der Waals surface area contributed by atoms with Crippen LogP contribution in [0.1, 0.15) is 5.56 Å². The maximum Gasteiger partial charge on any atom is 0.319 e. The van der Waals surface area contributed by atoms with Crippen LogP contribution < -0.4 is 16.1 Å². The van der Waals surface area contributed by atoms with Crippen LogP contribution in [0.15, 0.2) is 53.6 Å². The fraction of sp³-hybridized carbons (Fsp3) is 0.0625. The molecule has 124 valence electrons. The predicted molar refractivity (Wildman–Crippen MR) is 87.3 cm³/mol. The Balaban J connectivity index is 1.73. The Hall–Kier alpha value is -3.42. The molecule has 0 aliphatic rings. The van der Waals surface area contributed by atoms with Crippen molar-refractivity contribution in [3.8, 4) is 5.75 Å². The van der Waals surface area contributed by atoms with E-state index in [0.717, 1.165) is 0 Å². The Labute approximate surface area is 137 Å². The number of para-hydroxylation sites is 1. The molecule has 2 rings (SSSR count). The minimum Gasteiger partial charge on any atom is -0.507 e. The summed E-state index contributed by atoms with van der Waals surface area (Å²) in [5.74, 6) is -0.925. The second-order valence-corrected chi connectivity index (χ2v) is 4.67. The highest BCUT2D eigenvalue weighted by Gasteiger charge is 2.05. The van der Waals surface area contributed by atoms with Gasteiger partial charge in [-0.1, -0.05) is 12.1 Å². The Morgan fingerprint density at radius 1 is 1.12 bits per heavy atom. The Kier molecular flexibility index (Phi) is 5.84. The van der Waals surface area contributed by atoms with Crippen molar-refractivity contribution in [1.82, 2.24) is 10.7 Å². The Bertz CT molecular complexity index is 747. The summed E-state index contributed by atoms with van der Waals surface area (Å²) in [6.45, 7) is -0.300. The molecule has 24 heavy (non-hydrogen) atoms.